The van der Waals surface area contributed by atoms with Crippen LogP contribution in [0.3, 0.4) is 0 Å². The molecule has 3 amide bonds. The molecule has 31 heavy (non-hydrogen) atoms. The highest BCUT2D eigenvalue weighted by Crippen LogP contribution is 2.15. The smallest absolute Gasteiger partial charge is 0.323 e. The van der Waals surface area contributed by atoms with Gasteiger partial charge in [-0.3, -0.25) is 29.4 Å². The standard InChI is InChI=1S/C18H21N5O7.ClH/c19-16(20)10-1-3-11(4-2-10)17(29)21-8-13(24)23-6-5-22(9-15(27)28)18(30)12(23)7-14(25)26;/h1-4,12H,5-9H2,(H3,19,20)(H,21,29)(H,25,26)(H,27,28);1H. The predicted molar refractivity (Wildman–Crippen MR) is 109 cm³/mol. The first-order valence-electron chi connectivity index (χ1n) is 8.84. The molecule has 1 fully saturated rings. The van der Waals surface area contributed by atoms with Crippen molar-refractivity contribution in [1.82, 2.24) is 15.1 Å². The fraction of sp³-hybridized carbons (Fsp3) is 0.333. The van der Waals surface area contributed by atoms with E-state index in [9.17, 15) is 24.0 Å². The van der Waals surface area contributed by atoms with Crippen molar-refractivity contribution in [3.8, 4) is 0 Å². The second-order valence-corrected chi connectivity index (χ2v) is 6.53. The number of benzene rings is 1. The Morgan fingerprint density at radius 1 is 1.06 bits per heavy atom. The van der Waals surface area contributed by atoms with E-state index >= 15 is 0 Å². The number of amidine groups is 1. The molecule has 0 aliphatic carbocycles. The van der Waals surface area contributed by atoms with E-state index in [1.54, 1.807) is 0 Å². The third-order valence-electron chi connectivity index (χ3n) is 4.46. The van der Waals surface area contributed by atoms with Gasteiger partial charge in [-0.1, -0.05) is 12.1 Å². The number of amides is 3. The van der Waals surface area contributed by atoms with Crippen LogP contribution in [0.5, 0.6) is 0 Å². The molecule has 12 nitrogen and oxygen atoms in total. The van der Waals surface area contributed by atoms with Crippen LogP contribution in [0, 0.1) is 5.41 Å². The van der Waals surface area contributed by atoms with E-state index in [1.807, 2.05) is 0 Å². The second-order valence-electron chi connectivity index (χ2n) is 6.53. The zero-order valence-corrected chi connectivity index (χ0v) is 17.1. The zero-order chi connectivity index (χ0) is 22.4. The van der Waals surface area contributed by atoms with Crippen LogP contribution in [0.1, 0.15) is 22.3 Å². The van der Waals surface area contributed by atoms with Crippen molar-refractivity contribution >= 4 is 47.9 Å². The molecule has 1 aliphatic rings. The second kappa shape index (κ2) is 10.9. The Hall–Kier alpha value is -3.67. The third-order valence-corrected chi connectivity index (χ3v) is 4.46. The highest BCUT2D eigenvalue weighted by atomic mass is 35.5. The van der Waals surface area contributed by atoms with E-state index in [0.717, 1.165) is 9.80 Å². The van der Waals surface area contributed by atoms with Crippen LogP contribution in [-0.2, 0) is 19.2 Å². The topological polar surface area (TPSA) is 194 Å². The SMILES string of the molecule is Cl.N=C(N)c1ccc(C(=O)NCC(=O)N2CCN(CC(=O)O)C(=O)C2CC(=O)O)cc1. The Bertz CT molecular complexity index is 890. The molecule has 1 heterocycles. The maximum atomic E-state index is 12.5. The molecule has 168 valence electrons. The van der Waals surface area contributed by atoms with Crippen molar-refractivity contribution in [2.75, 3.05) is 26.2 Å². The summed E-state index contributed by atoms with van der Waals surface area (Å²) in [4.78, 5) is 61.2. The minimum atomic E-state index is -1.35. The molecule has 1 aromatic rings. The summed E-state index contributed by atoms with van der Waals surface area (Å²) in [5.41, 5.74) is 5.99. The molecule has 1 atom stereocenters. The number of rotatable bonds is 8. The minimum Gasteiger partial charge on any atom is -0.481 e. The largest absolute Gasteiger partial charge is 0.481 e. The van der Waals surface area contributed by atoms with Gasteiger partial charge in [0, 0.05) is 24.2 Å². The number of nitrogens with zero attached hydrogens (tertiary/aromatic N) is 2. The lowest BCUT2D eigenvalue weighted by Crippen LogP contribution is -2.61. The summed E-state index contributed by atoms with van der Waals surface area (Å²) in [5, 5.41) is 27.6. The number of carbonyl (C=O) groups excluding carboxylic acids is 3. The van der Waals surface area contributed by atoms with Crippen molar-refractivity contribution in [2.45, 2.75) is 12.5 Å². The first-order valence-corrected chi connectivity index (χ1v) is 8.84. The van der Waals surface area contributed by atoms with Crippen LogP contribution in [0.25, 0.3) is 0 Å². The lowest BCUT2D eigenvalue weighted by atomic mass is 10.1. The van der Waals surface area contributed by atoms with Gasteiger partial charge >= 0.3 is 11.9 Å². The van der Waals surface area contributed by atoms with E-state index in [-0.39, 0.29) is 36.9 Å². The Kier molecular flexibility index (Phi) is 8.94. The van der Waals surface area contributed by atoms with Gasteiger partial charge in [-0.15, -0.1) is 12.4 Å². The monoisotopic (exact) mass is 455 g/mol. The van der Waals surface area contributed by atoms with Gasteiger partial charge in [0.25, 0.3) is 5.91 Å². The summed E-state index contributed by atoms with van der Waals surface area (Å²) in [6, 6.07) is 4.45. The van der Waals surface area contributed by atoms with Gasteiger partial charge in [0.1, 0.15) is 18.4 Å². The van der Waals surface area contributed by atoms with Crippen LogP contribution in [0.2, 0.25) is 0 Å². The van der Waals surface area contributed by atoms with E-state index < -0.39 is 55.2 Å². The Balaban J connectivity index is 0.00000480. The summed E-state index contributed by atoms with van der Waals surface area (Å²) < 4.78 is 0. The number of piperazine rings is 1. The lowest BCUT2D eigenvalue weighted by molar-refractivity contribution is -0.157. The van der Waals surface area contributed by atoms with Crippen molar-refractivity contribution < 1.29 is 34.2 Å². The maximum absolute atomic E-state index is 12.5. The van der Waals surface area contributed by atoms with Crippen LogP contribution in [-0.4, -0.2) is 87.7 Å². The number of hydrogen-bond acceptors (Lipinski definition) is 6. The first-order chi connectivity index (χ1) is 14.1. The number of nitrogens with two attached hydrogens (primary N) is 1. The molecule has 0 radical (unpaired) electrons. The molecule has 13 heteroatoms. The van der Waals surface area contributed by atoms with Gasteiger partial charge in [-0.25, -0.2) is 0 Å². The van der Waals surface area contributed by atoms with Crippen molar-refractivity contribution in [2.24, 2.45) is 5.73 Å². The summed E-state index contributed by atoms with van der Waals surface area (Å²) in [6.07, 6.45) is -0.679. The summed E-state index contributed by atoms with van der Waals surface area (Å²) in [7, 11) is 0. The molecule has 0 saturated carbocycles. The average Bonchev–Trinajstić information content (AvgIpc) is 2.68. The van der Waals surface area contributed by atoms with Gasteiger partial charge in [-0.05, 0) is 12.1 Å². The highest BCUT2D eigenvalue weighted by Gasteiger charge is 2.39. The van der Waals surface area contributed by atoms with E-state index in [4.69, 9.17) is 21.4 Å². The fourth-order valence-corrected chi connectivity index (χ4v) is 2.98. The van der Waals surface area contributed by atoms with Gasteiger partial charge < -0.3 is 31.1 Å². The van der Waals surface area contributed by atoms with Crippen molar-refractivity contribution in [1.29, 1.82) is 5.41 Å². The van der Waals surface area contributed by atoms with Gasteiger partial charge in [0.05, 0.1) is 13.0 Å². The Labute approximate surface area is 182 Å². The number of hydrogen-bond donors (Lipinski definition) is 5. The predicted octanol–water partition coefficient (Wildman–Crippen LogP) is -1.28. The lowest BCUT2D eigenvalue weighted by Gasteiger charge is -2.39. The number of nitrogen functional groups attached to an aromatic ring is 1. The highest BCUT2D eigenvalue weighted by molar-refractivity contribution is 6.00. The molecular formula is C18H22ClN5O7. The molecule has 1 saturated heterocycles. The van der Waals surface area contributed by atoms with Gasteiger partial charge in [0.2, 0.25) is 11.8 Å². The zero-order valence-electron chi connectivity index (χ0n) is 16.2. The Morgan fingerprint density at radius 3 is 2.16 bits per heavy atom. The molecule has 0 bridgehead atoms. The average molecular weight is 456 g/mol. The van der Waals surface area contributed by atoms with Crippen LogP contribution in [0.4, 0.5) is 0 Å². The quantitative estimate of drug-likeness (QED) is 0.236. The Morgan fingerprint density at radius 2 is 1.65 bits per heavy atom. The van der Waals surface area contributed by atoms with Gasteiger partial charge in [0.15, 0.2) is 0 Å². The number of carboxylic acid groups (broad SMARTS) is 2. The third kappa shape index (κ3) is 6.67. The molecule has 0 aromatic heterocycles. The van der Waals surface area contributed by atoms with E-state index in [2.05, 4.69) is 5.32 Å². The van der Waals surface area contributed by atoms with Crippen molar-refractivity contribution in [3.05, 3.63) is 35.4 Å². The fourth-order valence-electron chi connectivity index (χ4n) is 2.98. The summed E-state index contributed by atoms with van der Waals surface area (Å²) in [5.74, 6) is -4.75. The van der Waals surface area contributed by atoms with Crippen molar-refractivity contribution in [3.63, 3.8) is 0 Å². The summed E-state index contributed by atoms with van der Waals surface area (Å²) in [6.45, 7) is -1.19. The molecule has 2 rings (SSSR count). The first kappa shape index (κ1) is 25.4. The number of carbonyl (C=O) groups is 5. The minimum absolute atomic E-state index is 0. The molecular weight excluding hydrogens is 434 g/mol. The van der Waals surface area contributed by atoms with Gasteiger partial charge in [-0.2, -0.15) is 0 Å². The number of halogens is 1. The molecule has 1 aromatic carbocycles. The number of carboxylic acids is 2. The number of nitrogens with one attached hydrogen (secondary N) is 2. The van der Waals surface area contributed by atoms with E-state index in [0.29, 0.717) is 5.56 Å². The molecule has 1 aliphatic heterocycles. The van der Waals surface area contributed by atoms with Crippen LogP contribution in [0.15, 0.2) is 24.3 Å². The molecule has 6 N–H and O–H groups in total. The summed E-state index contributed by atoms with van der Waals surface area (Å²) >= 11 is 0. The van der Waals surface area contributed by atoms with Crippen LogP contribution < -0.4 is 11.1 Å². The maximum Gasteiger partial charge on any atom is 0.323 e. The van der Waals surface area contributed by atoms with E-state index in [1.165, 1.54) is 24.3 Å². The normalized spacial score (nSPS) is 15.6. The van der Waals surface area contributed by atoms with Crippen LogP contribution >= 0.6 is 12.4 Å². The molecule has 0 spiro atoms. The molecule has 1 unspecified atom stereocenters. The number of aliphatic carboxylic acids is 2.